The number of aromatic nitrogens is 1. The van der Waals surface area contributed by atoms with Crippen molar-refractivity contribution in [3.63, 3.8) is 0 Å². The molecular weight excluding hydrogens is 252 g/mol. The van der Waals surface area contributed by atoms with Crippen LogP contribution in [0.1, 0.15) is 43.0 Å². The summed E-state index contributed by atoms with van der Waals surface area (Å²) < 4.78 is 5.42. The first-order chi connectivity index (χ1) is 9.63. The quantitative estimate of drug-likeness (QED) is 0.730. The number of hydrogen-bond acceptors (Lipinski definition) is 4. The maximum absolute atomic E-state index is 9.07. The first kappa shape index (κ1) is 16.9. The van der Waals surface area contributed by atoms with Crippen molar-refractivity contribution in [3.8, 4) is 5.75 Å². The van der Waals surface area contributed by atoms with Gasteiger partial charge >= 0.3 is 0 Å². The highest BCUT2D eigenvalue weighted by Crippen LogP contribution is 2.23. The Balaban J connectivity index is 2.57. The SMILES string of the molecule is CCCC(CCO)CNCc1ncc(C)c(OC)c1C. The number of pyridine rings is 1. The molecular formula is C16H28N2O2. The summed E-state index contributed by atoms with van der Waals surface area (Å²) in [6.45, 7) is 8.17. The van der Waals surface area contributed by atoms with Crippen molar-refractivity contribution < 1.29 is 9.84 Å². The first-order valence-corrected chi connectivity index (χ1v) is 7.44. The zero-order valence-electron chi connectivity index (χ0n) is 13.2. The van der Waals surface area contributed by atoms with E-state index in [4.69, 9.17) is 9.84 Å². The van der Waals surface area contributed by atoms with Gasteiger partial charge in [-0.25, -0.2) is 0 Å². The van der Waals surface area contributed by atoms with Gasteiger partial charge in [0.25, 0.3) is 0 Å². The Bertz CT molecular complexity index is 402. The smallest absolute Gasteiger partial charge is 0.128 e. The van der Waals surface area contributed by atoms with E-state index in [1.165, 1.54) is 0 Å². The third-order valence-electron chi connectivity index (χ3n) is 3.71. The molecule has 20 heavy (non-hydrogen) atoms. The maximum atomic E-state index is 9.07. The minimum Gasteiger partial charge on any atom is -0.496 e. The van der Waals surface area contributed by atoms with Gasteiger partial charge in [0, 0.05) is 30.5 Å². The Labute approximate surface area is 122 Å². The van der Waals surface area contributed by atoms with E-state index in [-0.39, 0.29) is 6.61 Å². The molecule has 1 heterocycles. The molecule has 4 heteroatoms. The van der Waals surface area contributed by atoms with Crippen LogP contribution in [0.4, 0.5) is 0 Å². The van der Waals surface area contributed by atoms with Crippen molar-refractivity contribution in [3.05, 3.63) is 23.0 Å². The topological polar surface area (TPSA) is 54.4 Å². The van der Waals surface area contributed by atoms with Crippen LogP contribution in [0.15, 0.2) is 6.20 Å². The maximum Gasteiger partial charge on any atom is 0.128 e. The molecule has 0 spiro atoms. The van der Waals surface area contributed by atoms with Gasteiger partial charge in [0.05, 0.1) is 12.8 Å². The van der Waals surface area contributed by atoms with Gasteiger partial charge in [0.2, 0.25) is 0 Å². The summed E-state index contributed by atoms with van der Waals surface area (Å²) in [7, 11) is 1.70. The Hall–Kier alpha value is -1.13. The monoisotopic (exact) mass is 280 g/mol. The fourth-order valence-electron chi connectivity index (χ4n) is 2.58. The first-order valence-electron chi connectivity index (χ1n) is 7.44. The molecule has 0 aliphatic rings. The molecule has 0 aliphatic carbocycles. The summed E-state index contributed by atoms with van der Waals surface area (Å²) in [5.41, 5.74) is 3.21. The Kier molecular flexibility index (Phi) is 7.55. The number of aryl methyl sites for hydroxylation is 1. The van der Waals surface area contributed by atoms with E-state index in [1.807, 2.05) is 20.0 Å². The molecule has 0 saturated carbocycles. The van der Waals surface area contributed by atoms with Gasteiger partial charge in [-0.2, -0.15) is 0 Å². The third-order valence-corrected chi connectivity index (χ3v) is 3.71. The van der Waals surface area contributed by atoms with Crippen molar-refractivity contribution in [2.75, 3.05) is 20.3 Å². The van der Waals surface area contributed by atoms with Gasteiger partial charge in [-0.05, 0) is 39.2 Å². The molecule has 0 bridgehead atoms. The zero-order chi connectivity index (χ0) is 15.0. The summed E-state index contributed by atoms with van der Waals surface area (Å²) in [5, 5.41) is 12.5. The van der Waals surface area contributed by atoms with Crippen molar-refractivity contribution in [1.82, 2.24) is 10.3 Å². The van der Waals surface area contributed by atoms with E-state index in [0.717, 1.165) is 54.9 Å². The van der Waals surface area contributed by atoms with Crippen LogP contribution < -0.4 is 10.1 Å². The Morgan fingerprint density at radius 1 is 1.35 bits per heavy atom. The standard InChI is InChI=1S/C16H28N2O2/c1-5-6-14(7-8-19)10-17-11-15-13(3)16(20-4)12(2)9-18-15/h9,14,17,19H,5-8,10-11H2,1-4H3. The van der Waals surface area contributed by atoms with Crippen molar-refractivity contribution in [1.29, 1.82) is 0 Å². The highest BCUT2D eigenvalue weighted by atomic mass is 16.5. The molecule has 114 valence electrons. The van der Waals surface area contributed by atoms with Crippen LogP contribution >= 0.6 is 0 Å². The second-order valence-electron chi connectivity index (χ2n) is 5.34. The van der Waals surface area contributed by atoms with Crippen LogP contribution in [-0.2, 0) is 6.54 Å². The number of rotatable bonds is 9. The van der Waals surface area contributed by atoms with E-state index in [0.29, 0.717) is 5.92 Å². The molecule has 0 amide bonds. The van der Waals surface area contributed by atoms with Crippen LogP contribution in [0.5, 0.6) is 5.75 Å². The molecule has 0 fully saturated rings. The van der Waals surface area contributed by atoms with E-state index in [1.54, 1.807) is 7.11 Å². The number of aliphatic hydroxyl groups excluding tert-OH is 1. The molecule has 0 aromatic carbocycles. The lowest BCUT2D eigenvalue weighted by atomic mass is 10.0. The van der Waals surface area contributed by atoms with E-state index in [9.17, 15) is 0 Å². The number of aliphatic hydroxyl groups is 1. The summed E-state index contributed by atoms with van der Waals surface area (Å²) >= 11 is 0. The molecule has 0 saturated heterocycles. The van der Waals surface area contributed by atoms with Crippen LogP contribution in [0, 0.1) is 19.8 Å². The normalized spacial score (nSPS) is 12.4. The van der Waals surface area contributed by atoms with Crippen LogP contribution in [0.2, 0.25) is 0 Å². The lowest BCUT2D eigenvalue weighted by molar-refractivity contribution is 0.248. The van der Waals surface area contributed by atoms with Crippen molar-refractivity contribution in [2.45, 2.75) is 46.6 Å². The number of ether oxygens (including phenoxy) is 1. The van der Waals surface area contributed by atoms with Gasteiger partial charge in [-0.3, -0.25) is 4.98 Å². The second kappa shape index (κ2) is 8.93. The van der Waals surface area contributed by atoms with Gasteiger partial charge in [-0.1, -0.05) is 13.3 Å². The van der Waals surface area contributed by atoms with Crippen LogP contribution in [-0.4, -0.2) is 30.4 Å². The van der Waals surface area contributed by atoms with Gasteiger partial charge < -0.3 is 15.2 Å². The lowest BCUT2D eigenvalue weighted by Gasteiger charge is -2.17. The van der Waals surface area contributed by atoms with E-state index in [2.05, 4.69) is 17.2 Å². The van der Waals surface area contributed by atoms with E-state index >= 15 is 0 Å². The highest BCUT2D eigenvalue weighted by molar-refractivity contribution is 5.40. The van der Waals surface area contributed by atoms with Crippen molar-refractivity contribution >= 4 is 0 Å². The molecule has 2 N–H and O–H groups in total. The van der Waals surface area contributed by atoms with E-state index < -0.39 is 0 Å². The molecule has 0 radical (unpaired) electrons. The Morgan fingerprint density at radius 3 is 2.70 bits per heavy atom. The molecule has 0 aliphatic heterocycles. The van der Waals surface area contributed by atoms with Crippen molar-refractivity contribution in [2.24, 2.45) is 5.92 Å². The average Bonchev–Trinajstić information content (AvgIpc) is 2.42. The predicted octanol–water partition coefficient (Wildman–Crippen LogP) is 2.60. The molecule has 4 nitrogen and oxygen atoms in total. The third kappa shape index (κ3) is 4.76. The summed E-state index contributed by atoms with van der Waals surface area (Å²) in [6.07, 6.45) is 5.03. The summed E-state index contributed by atoms with van der Waals surface area (Å²) in [6, 6.07) is 0. The highest BCUT2D eigenvalue weighted by Gasteiger charge is 2.11. The minimum atomic E-state index is 0.266. The largest absolute Gasteiger partial charge is 0.496 e. The molecule has 1 unspecified atom stereocenters. The number of methoxy groups -OCH3 is 1. The lowest BCUT2D eigenvalue weighted by Crippen LogP contribution is -2.24. The zero-order valence-corrected chi connectivity index (χ0v) is 13.2. The fraction of sp³-hybridized carbons (Fsp3) is 0.688. The number of hydrogen-bond donors (Lipinski definition) is 2. The van der Waals surface area contributed by atoms with Crippen LogP contribution in [0.3, 0.4) is 0 Å². The second-order valence-corrected chi connectivity index (χ2v) is 5.34. The fourth-order valence-corrected chi connectivity index (χ4v) is 2.58. The predicted molar refractivity (Wildman–Crippen MR) is 82.1 cm³/mol. The van der Waals surface area contributed by atoms with Gasteiger partial charge in [-0.15, -0.1) is 0 Å². The molecule has 1 rings (SSSR count). The van der Waals surface area contributed by atoms with Gasteiger partial charge in [0.1, 0.15) is 5.75 Å². The summed E-state index contributed by atoms with van der Waals surface area (Å²) in [4.78, 5) is 4.48. The number of nitrogens with zero attached hydrogens (tertiary/aromatic N) is 1. The molecule has 1 aromatic heterocycles. The Morgan fingerprint density at radius 2 is 2.10 bits per heavy atom. The van der Waals surface area contributed by atoms with Crippen LogP contribution in [0.25, 0.3) is 0 Å². The van der Waals surface area contributed by atoms with Gasteiger partial charge in [0.15, 0.2) is 0 Å². The molecule has 1 atom stereocenters. The summed E-state index contributed by atoms with van der Waals surface area (Å²) in [5.74, 6) is 1.47. The average molecular weight is 280 g/mol. The minimum absolute atomic E-state index is 0.266. The molecule has 1 aromatic rings. The number of nitrogens with one attached hydrogen (secondary N) is 1.